The van der Waals surface area contributed by atoms with Gasteiger partial charge in [0.1, 0.15) is 5.82 Å². The number of sulfonamides is 1. The summed E-state index contributed by atoms with van der Waals surface area (Å²) in [5.41, 5.74) is 0.893. The summed E-state index contributed by atoms with van der Waals surface area (Å²) in [6.07, 6.45) is 0. The molecule has 0 bridgehead atoms. The van der Waals surface area contributed by atoms with Gasteiger partial charge in [0.2, 0.25) is 0 Å². The Morgan fingerprint density at radius 3 is 2.67 bits per heavy atom. The Balaban J connectivity index is 2.57. The van der Waals surface area contributed by atoms with Gasteiger partial charge in [-0.05, 0) is 18.6 Å². The predicted molar refractivity (Wildman–Crippen MR) is 73.4 cm³/mol. The number of nitrogens with two attached hydrogens (primary N) is 1. The summed E-state index contributed by atoms with van der Waals surface area (Å²) in [6, 6.07) is 4.49. The van der Waals surface area contributed by atoms with Crippen molar-refractivity contribution in [3.05, 3.63) is 29.6 Å². The van der Waals surface area contributed by atoms with Crippen LogP contribution in [0.15, 0.2) is 23.4 Å². The zero-order chi connectivity index (χ0) is 15.6. The zero-order valence-corrected chi connectivity index (χ0v) is 12.4. The summed E-state index contributed by atoms with van der Waals surface area (Å²) in [7, 11) is -2.55. The van der Waals surface area contributed by atoms with E-state index in [0.29, 0.717) is 11.1 Å². The molecule has 0 fully saturated rings. The van der Waals surface area contributed by atoms with Gasteiger partial charge in [-0.3, -0.25) is 4.57 Å². The molecule has 0 atom stereocenters. The van der Waals surface area contributed by atoms with Gasteiger partial charge in [-0.25, -0.2) is 17.9 Å². The summed E-state index contributed by atoms with van der Waals surface area (Å²) < 4.78 is 42.9. The van der Waals surface area contributed by atoms with Crippen molar-refractivity contribution >= 4 is 10.0 Å². The van der Waals surface area contributed by atoms with Gasteiger partial charge in [-0.1, -0.05) is 12.1 Å². The van der Waals surface area contributed by atoms with E-state index in [9.17, 15) is 12.8 Å². The molecule has 0 saturated heterocycles. The smallest absolute Gasteiger partial charge is 0.273 e. The molecule has 2 aromatic rings. The van der Waals surface area contributed by atoms with Crippen LogP contribution in [0.5, 0.6) is 0 Å². The van der Waals surface area contributed by atoms with Crippen molar-refractivity contribution in [3.63, 3.8) is 0 Å². The highest BCUT2D eigenvalue weighted by atomic mass is 32.2. The largest absolute Gasteiger partial charge is 0.383 e. The number of benzene rings is 1. The molecule has 0 aliphatic heterocycles. The topological polar surface area (TPSA) is 100 Å². The molecular weight excluding hydrogens is 299 g/mol. The van der Waals surface area contributed by atoms with Crippen molar-refractivity contribution in [1.29, 1.82) is 0 Å². The average molecular weight is 314 g/mol. The van der Waals surface area contributed by atoms with Crippen molar-refractivity contribution in [2.45, 2.75) is 18.6 Å². The first-order chi connectivity index (χ1) is 9.84. The Bertz CT molecular complexity index is 758. The number of ether oxygens (including phenoxy) is 1. The van der Waals surface area contributed by atoms with E-state index >= 15 is 0 Å². The minimum absolute atomic E-state index is 0.181. The Kier molecular flexibility index (Phi) is 4.35. The second kappa shape index (κ2) is 5.88. The fraction of sp³-hybridized carbons (Fsp3) is 0.333. The van der Waals surface area contributed by atoms with E-state index in [1.54, 1.807) is 19.1 Å². The van der Waals surface area contributed by atoms with Crippen molar-refractivity contribution in [2.75, 3.05) is 13.7 Å². The number of nitrogens with zero attached hydrogens (tertiary/aromatic N) is 3. The summed E-state index contributed by atoms with van der Waals surface area (Å²) in [6.45, 7) is 2.05. The molecule has 0 aliphatic carbocycles. The molecule has 0 unspecified atom stereocenters. The Hall–Kier alpha value is -1.84. The lowest BCUT2D eigenvalue weighted by Crippen LogP contribution is -2.20. The third kappa shape index (κ3) is 3.26. The lowest BCUT2D eigenvalue weighted by atomic mass is 10.1. The maximum atomic E-state index is 13.7. The number of primary sulfonamides is 1. The van der Waals surface area contributed by atoms with Gasteiger partial charge >= 0.3 is 0 Å². The Morgan fingerprint density at radius 1 is 1.38 bits per heavy atom. The van der Waals surface area contributed by atoms with E-state index in [-0.39, 0.29) is 24.1 Å². The summed E-state index contributed by atoms with van der Waals surface area (Å²) in [5.74, 6) is -0.194. The van der Waals surface area contributed by atoms with Gasteiger partial charge < -0.3 is 4.74 Å². The average Bonchev–Trinajstić information content (AvgIpc) is 2.83. The van der Waals surface area contributed by atoms with Crippen LogP contribution in [0.4, 0.5) is 4.39 Å². The second-order valence-electron chi connectivity index (χ2n) is 4.46. The molecule has 0 saturated carbocycles. The number of halogens is 1. The molecule has 0 aliphatic rings. The van der Waals surface area contributed by atoms with Crippen LogP contribution in [0, 0.1) is 12.7 Å². The van der Waals surface area contributed by atoms with E-state index in [0.717, 1.165) is 0 Å². The van der Waals surface area contributed by atoms with Crippen LogP contribution in [0.3, 0.4) is 0 Å². The predicted octanol–water partition coefficient (Wildman–Crippen LogP) is 0.686. The van der Waals surface area contributed by atoms with Gasteiger partial charge in [0.15, 0.2) is 5.82 Å². The summed E-state index contributed by atoms with van der Waals surface area (Å²) >= 11 is 0. The number of aromatic nitrogens is 3. The van der Waals surface area contributed by atoms with Crippen molar-refractivity contribution in [2.24, 2.45) is 5.14 Å². The van der Waals surface area contributed by atoms with E-state index in [2.05, 4.69) is 10.2 Å². The maximum Gasteiger partial charge on any atom is 0.273 e. The Labute approximate surface area is 121 Å². The molecule has 2 N–H and O–H groups in total. The molecule has 0 amide bonds. The normalized spacial score (nSPS) is 11.8. The minimum atomic E-state index is -4.03. The SMILES string of the molecule is COCCn1c(-c2ccc(C)c(F)c2)nnc1S(N)(=O)=O. The van der Waals surface area contributed by atoms with Gasteiger partial charge in [-0.2, -0.15) is 0 Å². The number of aryl methyl sites for hydroxylation is 1. The first-order valence-corrected chi connectivity index (χ1v) is 7.60. The fourth-order valence-corrected chi connectivity index (χ4v) is 2.47. The molecule has 21 heavy (non-hydrogen) atoms. The van der Waals surface area contributed by atoms with Gasteiger partial charge in [0, 0.05) is 12.7 Å². The molecule has 2 rings (SSSR count). The molecule has 1 aromatic heterocycles. The van der Waals surface area contributed by atoms with Crippen LogP contribution in [0.25, 0.3) is 11.4 Å². The number of hydrogen-bond acceptors (Lipinski definition) is 5. The zero-order valence-electron chi connectivity index (χ0n) is 11.6. The van der Waals surface area contributed by atoms with Crippen molar-refractivity contribution in [3.8, 4) is 11.4 Å². The number of rotatable bonds is 5. The fourth-order valence-electron chi connectivity index (χ4n) is 1.83. The van der Waals surface area contributed by atoms with E-state index in [1.807, 2.05) is 0 Å². The summed E-state index contributed by atoms with van der Waals surface area (Å²) in [5, 5.41) is 12.1. The van der Waals surface area contributed by atoms with E-state index < -0.39 is 15.8 Å². The third-order valence-corrected chi connectivity index (χ3v) is 3.73. The minimum Gasteiger partial charge on any atom is -0.383 e. The van der Waals surface area contributed by atoms with Crippen LogP contribution < -0.4 is 5.14 Å². The van der Waals surface area contributed by atoms with Crippen LogP contribution in [-0.4, -0.2) is 36.9 Å². The molecule has 7 nitrogen and oxygen atoms in total. The van der Waals surface area contributed by atoms with Gasteiger partial charge in [0.05, 0.1) is 13.2 Å². The first kappa shape index (κ1) is 15.5. The van der Waals surface area contributed by atoms with Crippen LogP contribution in [-0.2, 0) is 21.3 Å². The van der Waals surface area contributed by atoms with Crippen LogP contribution in [0.2, 0.25) is 0 Å². The maximum absolute atomic E-state index is 13.7. The standard InChI is InChI=1S/C12H15FN4O3S/c1-8-3-4-9(7-10(8)13)11-15-16-12(21(14,18)19)17(11)5-6-20-2/h3-4,7H,5-6H2,1-2H3,(H2,14,18,19). The molecule has 0 radical (unpaired) electrons. The van der Waals surface area contributed by atoms with E-state index in [1.165, 1.54) is 17.7 Å². The summed E-state index contributed by atoms with van der Waals surface area (Å²) in [4.78, 5) is 0. The molecular formula is C12H15FN4O3S. The van der Waals surface area contributed by atoms with E-state index in [4.69, 9.17) is 9.88 Å². The van der Waals surface area contributed by atoms with Gasteiger partial charge in [0.25, 0.3) is 15.2 Å². The quantitative estimate of drug-likeness (QED) is 0.875. The van der Waals surface area contributed by atoms with Crippen LogP contribution in [0.1, 0.15) is 5.56 Å². The molecule has 9 heteroatoms. The molecule has 1 aromatic carbocycles. The molecule has 0 spiro atoms. The highest BCUT2D eigenvalue weighted by molar-refractivity contribution is 7.89. The lowest BCUT2D eigenvalue weighted by Gasteiger charge is -2.09. The second-order valence-corrected chi connectivity index (χ2v) is 5.91. The number of hydrogen-bond donors (Lipinski definition) is 1. The van der Waals surface area contributed by atoms with Gasteiger partial charge in [-0.15, -0.1) is 10.2 Å². The lowest BCUT2D eigenvalue weighted by molar-refractivity contribution is 0.185. The third-order valence-electron chi connectivity index (χ3n) is 2.92. The van der Waals surface area contributed by atoms with Crippen LogP contribution >= 0.6 is 0 Å². The highest BCUT2D eigenvalue weighted by Gasteiger charge is 2.22. The van der Waals surface area contributed by atoms with Crippen molar-refractivity contribution < 1.29 is 17.5 Å². The van der Waals surface area contributed by atoms with Crippen molar-refractivity contribution in [1.82, 2.24) is 14.8 Å². The molecule has 114 valence electrons. The Morgan fingerprint density at radius 2 is 2.10 bits per heavy atom. The number of methoxy groups -OCH3 is 1. The highest BCUT2D eigenvalue weighted by Crippen LogP contribution is 2.22. The molecule has 1 heterocycles. The monoisotopic (exact) mass is 314 g/mol. The first-order valence-electron chi connectivity index (χ1n) is 6.06.